The van der Waals surface area contributed by atoms with Gasteiger partial charge in [-0.1, -0.05) is 12.1 Å². The molecule has 0 aliphatic carbocycles. The second-order valence-electron chi connectivity index (χ2n) is 4.58. The molecule has 0 aliphatic rings. The van der Waals surface area contributed by atoms with Crippen LogP contribution < -0.4 is 5.32 Å². The number of rotatable bonds is 5. The van der Waals surface area contributed by atoms with Gasteiger partial charge in [-0.2, -0.15) is 0 Å². The van der Waals surface area contributed by atoms with E-state index in [4.69, 9.17) is 0 Å². The van der Waals surface area contributed by atoms with Crippen molar-refractivity contribution in [3.05, 3.63) is 27.6 Å². The summed E-state index contributed by atoms with van der Waals surface area (Å²) in [5.74, 6) is 0.993. The highest BCUT2D eigenvalue weighted by Gasteiger charge is 2.13. The van der Waals surface area contributed by atoms with Crippen LogP contribution in [0.15, 0.2) is 12.3 Å². The number of anilines is 1. The highest BCUT2D eigenvalue weighted by atomic mass is 32.1. The van der Waals surface area contributed by atoms with E-state index in [1.807, 2.05) is 16.0 Å². The van der Waals surface area contributed by atoms with Crippen LogP contribution in [0.4, 0.5) is 5.82 Å². The Kier molecular flexibility index (Phi) is 4.01. The van der Waals surface area contributed by atoms with E-state index < -0.39 is 0 Å². The summed E-state index contributed by atoms with van der Waals surface area (Å²) in [7, 11) is 0. The zero-order chi connectivity index (χ0) is 13.1. The molecule has 4 nitrogen and oxygen atoms in total. The molecule has 2 aromatic heterocycles. The molecule has 0 saturated heterocycles. The van der Waals surface area contributed by atoms with Crippen molar-refractivity contribution in [3.8, 4) is 0 Å². The topological polar surface area (TPSA) is 42.7 Å². The van der Waals surface area contributed by atoms with Crippen LogP contribution in [0.1, 0.15) is 41.6 Å². The summed E-state index contributed by atoms with van der Waals surface area (Å²) in [6, 6.07) is 2.54. The van der Waals surface area contributed by atoms with Gasteiger partial charge in [0, 0.05) is 16.3 Å². The Morgan fingerprint density at radius 2 is 2.22 bits per heavy atom. The van der Waals surface area contributed by atoms with E-state index in [0.717, 1.165) is 18.8 Å². The molecule has 0 bridgehead atoms. The summed E-state index contributed by atoms with van der Waals surface area (Å²) in [4.78, 5) is 2.73. The minimum absolute atomic E-state index is 0.282. The molecule has 0 amide bonds. The lowest BCUT2D eigenvalue weighted by molar-refractivity contribution is 0.580. The molecule has 18 heavy (non-hydrogen) atoms. The predicted molar refractivity (Wildman–Crippen MR) is 76.1 cm³/mol. The molecule has 98 valence electrons. The van der Waals surface area contributed by atoms with E-state index in [1.54, 1.807) is 6.20 Å². The first-order valence-corrected chi connectivity index (χ1v) is 7.15. The number of aryl methyl sites for hydroxylation is 3. The summed E-state index contributed by atoms with van der Waals surface area (Å²) < 4.78 is 1.92. The van der Waals surface area contributed by atoms with Crippen LogP contribution in [-0.2, 0) is 6.54 Å². The van der Waals surface area contributed by atoms with Crippen molar-refractivity contribution in [3.63, 3.8) is 0 Å². The van der Waals surface area contributed by atoms with Gasteiger partial charge in [0.05, 0.1) is 12.2 Å². The van der Waals surface area contributed by atoms with Gasteiger partial charge in [0.15, 0.2) is 0 Å². The number of nitrogens with one attached hydrogen (secondary N) is 1. The molecule has 1 atom stereocenters. The average molecular weight is 264 g/mol. The molecule has 0 radical (unpaired) electrons. The van der Waals surface area contributed by atoms with E-state index >= 15 is 0 Å². The van der Waals surface area contributed by atoms with Crippen molar-refractivity contribution in [1.82, 2.24) is 15.0 Å². The number of aromatic nitrogens is 3. The Bertz CT molecular complexity index is 515. The molecule has 2 aromatic rings. The van der Waals surface area contributed by atoms with Crippen LogP contribution >= 0.6 is 11.3 Å². The van der Waals surface area contributed by atoms with E-state index in [9.17, 15) is 0 Å². The smallest absolute Gasteiger partial charge is 0.145 e. The standard InChI is InChI=1S/C13H20N4S/c1-5-6-17-13(8-14-16-17)15-10(3)12-7-9(2)18-11(12)4/h7-8,10,15H,5-6H2,1-4H3. The first-order valence-electron chi connectivity index (χ1n) is 6.33. The predicted octanol–water partition coefficient (Wildman–Crippen LogP) is 3.54. The third-order valence-electron chi connectivity index (χ3n) is 2.96. The van der Waals surface area contributed by atoms with Crippen molar-refractivity contribution in [1.29, 1.82) is 0 Å². The average Bonchev–Trinajstić information content (AvgIpc) is 2.87. The molecule has 2 rings (SSSR count). The van der Waals surface area contributed by atoms with Crippen molar-refractivity contribution >= 4 is 17.2 Å². The van der Waals surface area contributed by atoms with E-state index in [1.165, 1.54) is 15.3 Å². The summed E-state index contributed by atoms with van der Waals surface area (Å²) >= 11 is 1.85. The fourth-order valence-corrected chi connectivity index (χ4v) is 3.15. The highest BCUT2D eigenvalue weighted by molar-refractivity contribution is 7.12. The van der Waals surface area contributed by atoms with Crippen molar-refractivity contribution in [2.75, 3.05) is 5.32 Å². The molecule has 2 heterocycles. The van der Waals surface area contributed by atoms with Gasteiger partial charge in [0.1, 0.15) is 5.82 Å². The Morgan fingerprint density at radius 1 is 1.44 bits per heavy atom. The van der Waals surface area contributed by atoms with Gasteiger partial charge >= 0.3 is 0 Å². The first-order chi connectivity index (χ1) is 8.61. The number of hydrogen-bond donors (Lipinski definition) is 1. The lowest BCUT2D eigenvalue weighted by Gasteiger charge is -2.15. The minimum Gasteiger partial charge on any atom is -0.362 e. The van der Waals surface area contributed by atoms with Crippen LogP contribution in [0.25, 0.3) is 0 Å². The Labute approximate surface area is 112 Å². The first kappa shape index (κ1) is 13.1. The second-order valence-corrected chi connectivity index (χ2v) is 6.04. The van der Waals surface area contributed by atoms with Crippen molar-refractivity contribution < 1.29 is 0 Å². The van der Waals surface area contributed by atoms with Crippen molar-refractivity contribution in [2.45, 2.75) is 46.7 Å². The lowest BCUT2D eigenvalue weighted by Crippen LogP contribution is -2.12. The fourth-order valence-electron chi connectivity index (χ4n) is 2.13. The second kappa shape index (κ2) is 5.52. The maximum Gasteiger partial charge on any atom is 0.145 e. The van der Waals surface area contributed by atoms with Gasteiger partial charge in [-0.25, -0.2) is 4.68 Å². The van der Waals surface area contributed by atoms with Gasteiger partial charge in [0.25, 0.3) is 0 Å². The molecule has 0 saturated carbocycles. The normalized spacial score (nSPS) is 12.7. The van der Waals surface area contributed by atoms with Gasteiger partial charge < -0.3 is 5.32 Å². The molecule has 0 spiro atoms. The maximum atomic E-state index is 4.09. The van der Waals surface area contributed by atoms with E-state index in [0.29, 0.717) is 0 Å². The van der Waals surface area contributed by atoms with Crippen LogP contribution in [0.5, 0.6) is 0 Å². The number of nitrogens with zero attached hydrogens (tertiary/aromatic N) is 3. The Hall–Kier alpha value is -1.36. The van der Waals surface area contributed by atoms with Gasteiger partial charge in [-0.3, -0.25) is 0 Å². The molecule has 0 fully saturated rings. The molecule has 5 heteroatoms. The zero-order valence-electron chi connectivity index (χ0n) is 11.4. The maximum absolute atomic E-state index is 4.09. The van der Waals surface area contributed by atoms with Gasteiger partial charge in [-0.05, 0) is 38.8 Å². The summed E-state index contributed by atoms with van der Waals surface area (Å²) in [5, 5.41) is 11.5. The lowest BCUT2D eigenvalue weighted by atomic mass is 10.1. The van der Waals surface area contributed by atoms with E-state index in [2.05, 4.69) is 49.4 Å². The third-order valence-corrected chi connectivity index (χ3v) is 3.95. The molecular formula is C13H20N4S. The summed E-state index contributed by atoms with van der Waals surface area (Å²) in [5.41, 5.74) is 1.36. The highest BCUT2D eigenvalue weighted by Crippen LogP contribution is 2.28. The van der Waals surface area contributed by atoms with Crippen LogP contribution in [0.2, 0.25) is 0 Å². The zero-order valence-corrected chi connectivity index (χ0v) is 12.2. The van der Waals surface area contributed by atoms with Gasteiger partial charge in [0.2, 0.25) is 0 Å². The fraction of sp³-hybridized carbons (Fsp3) is 0.538. The summed E-state index contributed by atoms with van der Waals surface area (Å²) in [6.07, 6.45) is 2.85. The third kappa shape index (κ3) is 2.72. The summed E-state index contributed by atoms with van der Waals surface area (Å²) in [6.45, 7) is 9.54. The van der Waals surface area contributed by atoms with Gasteiger partial charge in [-0.15, -0.1) is 16.4 Å². The monoisotopic (exact) mass is 264 g/mol. The molecule has 0 aliphatic heterocycles. The molecule has 1 unspecified atom stereocenters. The van der Waals surface area contributed by atoms with E-state index in [-0.39, 0.29) is 6.04 Å². The molecule has 1 N–H and O–H groups in total. The molecule has 0 aromatic carbocycles. The largest absolute Gasteiger partial charge is 0.362 e. The Balaban J connectivity index is 2.13. The Morgan fingerprint density at radius 3 is 2.83 bits per heavy atom. The quantitative estimate of drug-likeness (QED) is 0.898. The van der Waals surface area contributed by atoms with Crippen molar-refractivity contribution in [2.24, 2.45) is 0 Å². The van der Waals surface area contributed by atoms with Crippen LogP contribution in [0.3, 0.4) is 0 Å². The number of hydrogen-bond acceptors (Lipinski definition) is 4. The molecular weight excluding hydrogens is 244 g/mol. The SMILES string of the molecule is CCCn1nncc1NC(C)c1cc(C)sc1C. The number of thiophene rings is 1. The minimum atomic E-state index is 0.282. The van der Waals surface area contributed by atoms with Crippen LogP contribution in [0, 0.1) is 13.8 Å². The van der Waals surface area contributed by atoms with Crippen LogP contribution in [-0.4, -0.2) is 15.0 Å².